The van der Waals surface area contributed by atoms with Crippen LogP contribution < -0.4 is 5.56 Å². The second-order valence-electron chi connectivity index (χ2n) is 4.83. The SMILES string of the molecule is COC(=O)/C=C/c1c(C)n(C)n(-c2ccc(C)cc2)c1=O. The van der Waals surface area contributed by atoms with Crippen LogP contribution in [0.15, 0.2) is 35.1 Å². The van der Waals surface area contributed by atoms with Gasteiger partial charge in [-0.1, -0.05) is 17.7 Å². The number of hydrogen-bond donors (Lipinski definition) is 0. The van der Waals surface area contributed by atoms with Gasteiger partial charge in [-0.3, -0.25) is 9.48 Å². The van der Waals surface area contributed by atoms with Crippen LogP contribution in [0.25, 0.3) is 11.8 Å². The third-order valence-corrected chi connectivity index (χ3v) is 3.46. The summed E-state index contributed by atoms with van der Waals surface area (Å²) < 4.78 is 7.89. The van der Waals surface area contributed by atoms with Crippen molar-refractivity contribution in [2.24, 2.45) is 7.05 Å². The summed E-state index contributed by atoms with van der Waals surface area (Å²) in [6, 6.07) is 7.69. The van der Waals surface area contributed by atoms with E-state index in [9.17, 15) is 9.59 Å². The van der Waals surface area contributed by atoms with Crippen molar-refractivity contribution in [3.63, 3.8) is 0 Å². The molecule has 110 valence electrons. The number of nitrogens with zero attached hydrogens (tertiary/aromatic N) is 2. The molecule has 21 heavy (non-hydrogen) atoms. The summed E-state index contributed by atoms with van der Waals surface area (Å²) in [4.78, 5) is 23.7. The van der Waals surface area contributed by atoms with Gasteiger partial charge in [-0.2, -0.15) is 0 Å². The Bertz CT molecular complexity index is 749. The molecule has 0 amide bonds. The highest BCUT2D eigenvalue weighted by atomic mass is 16.5. The summed E-state index contributed by atoms with van der Waals surface area (Å²) in [7, 11) is 3.11. The lowest BCUT2D eigenvalue weighted by atomic mass is 10.2. The van der Waals surface area contributed by atoms with Crippen molar-refractivity contribution in [3.05, 3.63) is 57.5 Å². The van der Waals surface area contributed by atoms with Crippen LogP contribution in [0.3, 0.4) is 0 Å². The number of aryl methyl sites for hydroxylation is 1. The first-order valence-electron chi connectivity index (χ1n) is 6.57. The molecule has 0 aliphatic rings. The molecule has 0 atom stereocenters. The fourth-order valence-electron chi connectivity index (χ4n) is 2.12. The average molecular weight is 286 g/mol. The van der Waals surface area contributed by atoms with E-state index in [4.69, 9.17) is 0 Å². The lowest BCUT2D eigenvalue weighted by Gasteiger charge is -2.08. The Hall–Kier alpha value is -2.56. The molecule has 1 aromatic carbocycles. The van der Waals surface area contributed by atoms with Crippen LogP contribution in [-0.2, 0) is 16.6 Å². The summed E-state index contributed by atoms with van der Waals surface area (Å²) >= 11 is 0. The molecule has 0 spiro atoms. The van der Waals surface area contributed by atoms with Gasteiger partial charge in [0.1, 0.15) is 0 Å². The maximum absolute atomic E-state index is 12.5. The van der Waals surface area contributed by atoms with E-state index in [0.29, 0.717) is 5.56 Å². The first-order valence-corrected chi connectivity index (χ1v) is 6.57. The van der Waals surface area contributed by atoms with Gasteiger partial charge in [-0.05, 0) is 32.1 Å². The minimum atomic E-state index is -0.487. The monoisotopic (exact) mass is 286 g/mol. The van der Waals surface area contributed by atoms with Gasteiger partial charge in [0.05, 0.1) is 18.4 Å². The number of rotatable bonds is 3. The summed E-state index contributed by atoms with van der Waals surface area (Å²) in [5, 5.41) is 0. The van der Waals surface area contributed by atoms with E-state index in [-0.39, 0.29) is 5.56 Å². The standard InChI is InChI=1S/C16H18N2O3/c1-11-5-7-13(8-6-11)18-16(20)14(12(2)17(18)3)9-10-15(19)21-4/h5-10H,1-4H3/b10-9+. The fourth-order valence-corrected chi connectivity index (χ4v) is 2.12. The van der Waals surface area contributed by atoms with Crippen molar-refractivity contribution in [1.29, 1.82) is 0 Å². The molecule has 2 rings (SSSR count). The van der Waals surface area contributed by atoms with Gasteiger partial charge in [0.2, 0.25) is 0 Å². The third kappa shape index (κ3) is 2.81. The normalized spacial score (nSPS) is 11.0. The van der Waals surface area contributed by atoms with Crippen molar-refractivity contribution in [2.75, 3.05) is 7.11 Å². The van der Waals surface area contributed by atoms with Crippen LogP contribution in [0.2, 0.25) is 0 Å². The molecule has 0 unspecified atom stereocenters. The zero-order valence-corrected chi connectivity index (χ0v) is 12.6. The summed E-state index contributed by atoms with van der Waals surface area (Å²) in [5.41, 5.74) is 3.00. The summed E-state index contributed by atoms with van der Waals surface area (Å²) in [6.45, 7) is 3.83. The zero-order valence-electron chi connectivity index (χ0n) is 12.6. The Morgan fingerprint density at radius 1 is 1.19 bits per heavy atom. The summed E-state index contributed by atoms with van der Waals surface area (Å²) in [5.74, 6) is -0.487. The van der Waals surface area contributed by atoms with E-state index in [1.54, 1.807) is 9.36 Å². The molecule has 0 fully saturated rings. The molecule has 0 bridgehead atoms. The second kappa shape index (κ2) is 5.83. The molecule has 5 heteroatoms. The molecule has 0 radical (unpaired) electrons. The molecule has 0 saturated heterocycles. The van der Waals surface area contributed by atoms with E-state index in [1.807, 2.05) is 45.2 Å². The molecule has 2 aromatic rings. The second-order valence-corrected chi connectivity index (χ2v) is 4.83. The molecule has 0 N–H and O–H groups in total. The fraction of sp³-hybridized carbons (Fsp3) is 0.250. The largest absolute Gasteiger partial charge is 0.466 e. The molecular formula is C16H18N2O3. The molecule has 0 aliphatic carbocycles. The summed E-state index contributed by atoms with van der Waals surface area (Å²) in [6.07, 6.45) is 2.75. The van der Waals surface area contributed by atoms with Crippen LogP contribution in [0.1, 0.15) is 16.8 Å². The molecule has 1 heterocycles. The Balaban J connectivity index is 2.55. The topological polar surface area (TPSA) is 53.2 Å². The minimum absolute atomic E-state index is 0.168. The first kappa shape index (κ1) is 14.8. The van der Waals surface area contributed by atoms with Gasteiger partial charge < -0.3 is 4.74 Å². The number of esters is 1. The first-order chi connectivity index (χ1) is 9.95. The minimum Gasteiger partial charge on any atom is -0.466 e. The van der Waals surface area contributed by atoms with Crippen molar-refractivity contribution < 1.29 is 9.53 Å². The van der Waals surface area contributed by atoms with Crippen molar-refractivity contribution in [2.45, 2.75) is 13.8 Å². The van der Waals surface area contributed by atoms with E-state index < -0.39 is 5.97 Å². The molecular weight excluding hydrogens is 268 g/mol. The van der Waals surface area contributed by atoms with Crippen molar-refractivity contribution >= 4 is 12.0 Å². The van der Waals surface area contributed by atoms with E-state index in [2.05, 4.69) is 4.74 Å². The average Bonchev–Trinajstić information content (AvgIpc) is 2.68. The number of methoxy groups -OCH3 is 1. The third-order valence-electron chi connectivity index (χ3n) is 3.46. The Morgan fingerprint density at radius 2 is 1.81 bits per heavy atom. The smallest absolute Gasteiger partial charge is 0.330 e. The number of benzene rings is 1. The predicted octanol–water partition coefficient (Wildman–Crippen LogP) is 1.98. The maximum Gasteiger partial charge on any atom is 0.330 e. The molecule has 1 aromatic heterocycles. The van der Waals surface area contributed by atoms with Gasteiger partial charge in [-0.15, -0.1) is 0 Å². The van der Waals surface area contributed by atoms with Crippen molar-refractivity contribution in [1.82, 2.24) is 9.36 Å². The molecule has 0 saturated carbocycles. The Kier molecular flexibility index (Phi) is 4.12. The van der Waals surface area contributed by atoms with Gasteiger partial charge in [-0.25, -0.2) is 9.48 Å². The zero-order chi connectivity index (χ0) is 15.6. The highest BCUT2D eigenvalue weighted by Gasteiger charge is 2.14. The van der Waals surface area contributed by atoms with Gasteiger partial charge >= 0.3 is 5.97 Å². The van der Waals surface area contributed by atoms with Crippen LogP contribution in [0.4, 0.5) is 0 Å². The predicted molar refractivity (Wildman–Crippen MR) is 81.5 cm³/mol. The van der Waals surface area contributed by atoms with Crippen LogP contribution in [0.5, 0.6) is 0 Å². The van der Waals surface area contributed by atoms with Gasteiger partial charge in [0.25, 0.3) is 5.56 Å². The maximum atomic E-state index is 12.5. The number of hydrogen-bond acceptors (Lipinski definition) is 3. The number of carbonyl (C=O) groups is 1. The Labute approximate surface area is 123 Å². The highest BCUT2D eigenvalue weighted by Crippen LogP contribution is 2.12. The van der Waals surface area contributed by atoms with Gasteiger partial charge in [0.15, 0.2) is 0 Å². The number of carbonyl (C=O) groups excluding carboxylic acids is 1. The molecule has 0 aliphatic heterocycles. The van der Waals surface area contributed by atoms with Crippen LogP contribution in [0, 0.1) is 13.8 Å². The number of ether oxygens (including phenoxy) is 1. The van der Waals surface area contributed by atoms with E-state index in [0.717, 1.165) is 16.9 Å². The number of aromatic nitrogens is 2. The lowest BCUT2D eigenvalue weighted by molar-refractivity contribution is -0.134. The quantitative estimate of drug-likeness (QED) is 0.640. The lowest BCUT2D eigenvalue weighted by Crippen LogP contribution is -2.20. The van der Waals surface area contributed by atoms with E-state index >= 15 is 0 Å². The molecule has 5 nitrogen and oxygen atoms in total. The van der Waals surface area contributed by atoms with Crippen LogP contribution >= 0.6 is 0 Å². The highest BCUT2D eigenvalue weighted by molar-refractivity contribution is 5.87. The van der Waals surface area contributed by atoms with Gasteiger partial charge in [0, 0.05) is 18.8 Å². The van der Waals surface area contributed by atoms with Crippen LogP contribution in [-0.4, -0.2) is 22.4 Å². The van der Waals surface area contributed by atoms with E-state index in [1.165, 1.54) is 19.3 Å². The Morgan fingerprint density at radius 3 is 2.38 bits per heavy atom. The van der Waals surface area contributed by atoms with Crippen molar-refractivity contribution in [3.8, 4) is 5.69 Å².